The number of carboxylic acid groups (broad SMARTS) is 1. The van der Waals surface area contributed by atoms with Gasteiger partial charge in [0.25, 0.3) is 0 Å². The van der Waals surface area contributed by atoms with Crippen LogP contribution in [0, 0.1) is 6.92 Å². The van der Waals surface area contributed by atoms with Gasteiger partial charge in [0.05, 0.1) is 6.61 Å². The third kappa shape index (κ3) is 5.93. The highest BCUT2D eigenvalue weighted by atomic mass is 79.9. The molecule has 23 heavy (non-hydrogen) atoms. The zero-order valence-electron chi connectivity index (χ0n) is 14.9. The smallest absolute Gasteiger partial charge is 0.407 e. The van der Waals surface area contributed by atoms with Gasteiger partial charge in [0.1, 0.15) is 0 Å². The molecule has 1 rings (SSSR count). The lowest BCUT2D eigenvalue weighted by atomic mass is 10.1. The monoisotopic (exact) mass is 401 g/mol. The lowest BCUT2D eigenvalue weighted by Crippen LogP contribution is -2.43. The van der Waals surface area contributed by atoms with Crippen molar-refractivity contribution in [3.63, 3.8) is 0 Å². The molecule has 0 fully saturated rings. The Balaban J connectivity index is 2.66. The summed E-state index contributed by atoms with van der Waals surface area (Å²) in [7, 11) is -1.84. The Hall–Kier alpha value is -0.853. The van der Waals surface area contributed by atoms with Crippen LogP contribution in [0.25, 0.3) is 0 Å². The Morgan fingerprint density at radius 2 is 1.96 bits per heavy atom. The molecule has 0 aromatic heterocycles. The Labute approximate surface area is 149 Å². The molecule has 0 unspecified atom stereocenters. The molecule has 130 valence electrons. The van der Waals surface area contributed by atoms with E-state index in [9.17, 15) is 9.90 Å². The maximum atomic E-state index is 11.5. The lowest BCUT2D eigenvalue weighted by molar-refractivity contribution is 0.130. The minimum Gasteiger partial charge on any atom is -0.465 e. The molecule has 4 nitrogen and oxygen atoms in total. The van der Waals surface area contributed by atoms with E-state index in [0.717, 1.165) is 15.6 Å². The van der Waals surface area contributed by atoms with Crippen molar-refractivity contribution >= 4 is 30.3 Å². The van der Waals surface area contributed by atoms with Gasteiger partial charge in [0, 0.05) is 17.6 Å². The molecule has 0 saturated heterocycles. The summed E-state index contributed by atoms with van der Waals surface area (Å²) in [5.74, 6) is 0. The second-order valence-electron chi connectivity index (χ2n) is 7.40. The molecule has 0 saturated carbocycles. The molecule has 1 N–H and O–H groups in total. The number of halogens is 1. The Bertz CT molecular complexity index is 555. The number of rotatable bonds is 6. The number of hydrogen-bond acceptors (Lipinski definition) is 2. The van der Waals surface area contributed by atoms with Crippen molar-refractivity contribution in [1.82, 2.24) is 4.90 Å². The number of amides is 1. The third-order valence-corrected chi connectivity index (χ3v) is 9.92. The van der Waals surface area contributed by atoms with Gasteiger partial charge in [0.2, 0.25) is 0 Å². The van der Waals surface area contributed by atoms with Crippen LogP contribution in [0.5, 0.6) is 0 Å². The summed E-state index contributed by atoms with van der Waals surface area (Å²) >= 11 is 3.46. The molecule has 1 aromatic rings. The van der Waals surface area contributed by atoms with E-state index in [4.69, 9.17) is 4.43 Å². The molecule has 0 aliphatic carbocycles. The summed E-state index contributed by atoms with van der Waals surface area (Å²) in [4.78, 5) is 12.9. The van der Waals surface area contributed by atoms with E-state index in [2.05, 4.69) is 49.8 Å². The van der Waals surface area contributed by atoms with E-state index in [-0.39, 0.29) is 5.04 Å². The van der Waals surface area contributed by atoms with Gasteiger partial charge in [-0.05, 0) is 42.2 Å². The van der Waals surface area contributed by atoms with Crippen molar-refractivity contribution in [3.05, 3.63) is 33.8 Å². The number of aryl methyl sites for hydroxylation is 1. The van der Waals surface area contributed by atoms with Crippen molar-refractivity contribution in [2.24, 2.45) is 0 Å². The number of carbonyl (C=O) groups is 1. The molecular weight excluding hydrogens is 374 g/mol. The SMILES string of the molecule is Cc1cc(CN(CCO[Si](C)(C)C(C)(C)C)C(=O)O)ccc1Br. The molecule has 0 radical (unpaired) electrons. The predicted molar refractivity (Wildman–Crippen MR) is 100 cm³/mol. The van der Waals surface area contributed by atoms with Crippen LogP contribution < -0.4 is 0 Å². The first kappa shape index (κ1) is 20.2. The summed E-state index contributed by atoms with van der Waals surface area (Å²) in [6, 6.07) is 5.91. The lowest BCUT2D eigenvalue weighted by Gasteiger charge is -2.36. The molecule has 0 heterocycles. The topological polar surface area (TPSA) is 49.8 Å². The molecule has 0 aliphatic heterocycles. The van der Waals surface area contributed by atoms with Crippen LogP contribution in [0.15, 0.2) is 22.7 Å². The Morgan fingerprint density at radius 1 is 1.35 bits per heavy atom. The number of hydrogen-bond donors (Lipinski definition) is 1. The quantitative estimate of drug-likeness (QED) is 0.661. The van der Waals surface area contributed by atoms with Crippen molar-refractivity contribution in [2.45, 2.75) is 52.4 Å². The largest absolute Gasteiger partial charge is 0.465 e. The highest BCUT2D eigenvalue weighted by molar-refractivity contribution is 9.10. The fourth-order valence-electron chi connectivity index (χ4n) is 1.90. The zero-order valence-corrected chi connectivity index (χ0v) is 17.5. The Kier molecular flexibility index (Phi) is 6.86. The van der Waals surface area contributed by atoms with Crippen molar-refractivity contribution in [3.8, 4) is 0 Å². The summed E-state index contributed by atoms with van der Waals surface area (Å²) in [5.41, 5.74) is 2.09. The number of benzene rings is 1. The second kappa shape index (κ2) is 7.81. The van der Waals surface area contributed by atoms with Crippen LogP contribution in [0.4, 0.5) is 4.79 Å². The van der Waals surface area contributed by atoms with Gasteiger partial charge >= 0.3 is 6.09 Å². The molecule has 0 aliphatic rings. The first-order valence-corrected chi connectivity index (χ1v) is 11.5. The van der Waals surface area contributed by atoms with Crippen LogP contribution in [0.2, 0.25) is 18.1 Å². The average Bonchev–Trinajstić information content (AvgIpc) is 2.40. The van der Waals surface area contributed by atoms with Gasteiger partial charge < -0.3 is 14.4 Å². The van der Waals surface area contributed by atoms with Gasteiger partial charge in [-0.25, -0.2) is 4.79 Å². The maximum Gasteiger partial charge on any atom is 0.407 e. The normalized spacial score (nSPS) is 12.3. The molecule has 1 aromatic carbocycles. The van der Waals surface area contributed by atoms with Gasteiger partial charge in [-0.3, -0.25) is 0 Å². The summed E-state index contributed by atoms with van der Waals surface area (Å²) in [6.45, 7) is 14.1. The summed E-state index contributed by atoms with van der Waals surface area (Å²) in [6.07, 6.45) is -0.913. The van der Waals surface area contributed by atoms with E-state index in [0.29, 0.717) is 19.7 Å². The van der Waals surface area contributed by atoms with Crippen LogP contribution in [-0.4, -0.2) is 37.6 Å². The summed E-state index contributed by atoms with van der Waals surface area (Å²) in [5, 5.41) is 9.55. The highest BCUT2D eigenvalue weighted by Crippen LogP contribution is 2.36. The molecule has 0 spiro atoms. The molecule has 1 amide bonds. The molecular formula is C17H28BrNO3Si. The van der Waals surface area contributed by atoms with Crippen molar-refractivity contribution < 1.29 is 14.3 Å². The standard InChI is InChI=1S/C17H28BrNO3Si/c1-13-11-14(7-8-15(13)18)12-19(16(20)21)9-10-22-23(5,6)17(2,3)4/h7-8,11H,9-10,12H2,1-6H3,(H,20,21). The van der Waals surface area contributed by atoms with E-state index >= 15 is 0 Å². The molecule has 6 heteroatoms. The van der Waals surface area contributed by atoms with E-state index in [1.165, 1.54) is 4.90 Å². The average molecular weight is 402 g/mol. The highest BCUT2D eigenvalue weighted by Gasteiger charge is 2.37. The maximum absolute atomic E-state index is 11.5. The third-order valence-electron chi connectivity index (χ3n) is 4.50. The van der Waals surface area contributed by atoms with Crippen molar-refractivity contribution in [2.75, 3.05) is 13.2 Å². The van der Waals surface area contributed by atoms with Crippen LogP contribution >= 0.6 is 15.9 Å². The van der Waals surface area contributed by atoms with E-state index < -0.39 is 14.4 Å². The zero-order chi connectivity index (χ0) is 17.8. The minimum atomic E-state index is -1.84. The Morgan fingerprint density at radius 3 is 2.43 bits per heavy atom. The van der Waals surface area contributed by atoms with Gasteiger partial charge in [-0.2, -0.15) is 0 Å². The number of nitrogens with zero attached hydrogens (tertiary/aromatic N) is 1. The summed E-state index contributed by atoms with van der Waals surface area (Å²) < 4.78 is 7.11. The molecule has 0 atom stereocenters. The van der Waals surface area contributed by atoms with Crippen LogP contribution in [-0.2, 0) is 11.0 Å². The predicted octanol–water partition coefficient (Wildman–Crippen LogP) is 5.26. The van der Waals surface area contributed by atoms with E-state index in [1.807, 2.05) is 25.1 Å². The van der Waals surface area contributed by atoms with Gasteiger partial charge in [-0.1, -0.05) is 48.8 Å². The fourth-order valence-corrected chi connectivity index (χ4v) is 3.18. The molecule has 0 bridgehead atoms. The van der Waals surface area contributed by atoms with Crippen LogP contribution in [0.3, 0.4) is 0 Å². The van der Waals surface area contributed by atoms with Crippen LogP contribution in [0.1, 0.15) is 31.9 Å². The second-order valence-corrected chi connectivity index (χ2v) is 13.1. The van der Waals surface area contributed by atoms with Gasteiger partial charge in [0.15, 0.2) is 8.32 Å². The van der Waals surface area contributed by atoms with Crippen molar-refractivity contribution in [1.29, 1.82) is 0 Å². The van der Waals surface area contributed by atoms with Gasteiger partial charge in [-0.15, -0.1) is 0 Å². The minimum absolute atomic E-state index is 0.129. The first-order chi connectivity index (χ1) is 10.4. The fraction of sp³-hybridized carbons (Fsp3) is 0.588. The first-order valence-electron chi connectivity index (χ1n) is 7.81. The van der Waals surface area contributed by atoms with E-state index in [1.54, 1.807) is 0 Å².